The highest BCUT2D eigenvalue weighted by atomic mass is 32.2. The van der Waals surface area contributed by atoms with Gasteiger partial charge < -0.3 is 10.1 Å². The number of methoxy groups -OCH3 is 1. The minimum absolute atomic E-state index is 0.0594. The largest absolute Gasteiger partial charge is 0.497 e. The summed E-state index contributed by atoms with van der Waals surface area (Å²) in [5.74, 6) is 1.49. The molecule has 1 N–H and O–H groups in total. The number of rotatable bonds is 8. The van der Waals surface area contributed by atoms with E-state index in [1.54, 1.807) is 7.11 Å². The summed E-state index contributed by atoms with van der Waals surface area (Å²) >= 11 is 1.46. The van der Waals surface area contributed by atoms with E-state index in [0.717, 1.165) is 15.5 Å². The van der Waals surface area contributed by atoms with Crippen molar-refractivity contribution in [2.75, 3.05) is 25.2 Å². The first-order valence-electron chi connectivity index (χ1n) is 7.16. The van der Waals surface area contributed by atoms with Crippen molar-refractivity contribution in [3.05, 3.63) is 54.6 Å². The van der Waals surface area contributed by atoms with Crippen molar-refractivity contribution in [2.45, 2.75) is 9.79 Å². The molecular formula is C17H19NO3S2. The molecule has 122 valence electrons. The fourth-order valence-electron chi connectivity index (χ4n) is 1.85. The van der Waals surface area contributed by atoms with E-state index < -0.39 is 10.8 Å². The van der Waals surface area contributed by atoms with Gasteiger partial charge in [0.15, 0.2) is 0 Å². The summed E-state index contributed by atoms with van der Waals surface area (Å²) in [6.07, 6.45) is 0. The lowest BCUT2D eigenvalue weighted by atomic mass is 10.3. The van der Waals surface area contributed by atoms with Crippen molar-refractivity contribution in [2.24, 2.45) is 0 Å². The van der Waals surface area contributed by atoms with Gasteiger partial charge in [0.2, 0.25) is 5.91 Å². The van der Waals surface area contributed by atoms with Crippen LogP contribution in [0, 0.1) is 0 Å². The Hall–Kier alpha value is -1.79. The molecule has 23 heavy (non-hydrogen) atoms. The topological polar surface area (TPSA) is 55.4 Å². The van der Waals surface area contributed by atoms with E-state index in [9.17, 15) is 9.00 Å². The third-order valence-electron chi connectivity index (χ3n) is 3.05. The summed E-state index contributed by atoms with van der Waals surface area (Å²) in [6, 6.07) is 16.8. The second-order valence-corrected chi connectivity index (χ2v) is 7.30. The molecule has 0 aliphatic carbocycles. The number of carbonyl (C=O) groups excluding carboxylic acids is 1. The summed E-state index contributed by atoms with van der Waals surface area (Å²) < 4.78 is 17.1. The SMILES string of the molecule is COc1ccc(SCC(=O)NCC[S@@](=O)c2ccccc2)cc1. The number of benzene rings is 2. The summed E-state index contributed by atoms with van der Waals surface area (Å²) in [6.45, 7) is 0.406. The predicted octanol–water partition coefficient (Wildman–Crippen LogP) is 2.71. The standard InChI is InChI=1S/C17H19NO3S2/c1-21-14-7-9-15(10-8-14)22-13-17(19)18-11-12-23(20)16-5-3-2-4-6-16/h2-10H,11-13H2,1H3,(H,18,19)/t23-/m1/s1. The molecule has 0 aromatic heterocycles. The van der Waals surface area contributed by atoms with Crippen molar-refractivity contribution in [1.82, 2.24) is 5.32 Å². The number of carbonyl (C=O) groups is 1. The van der Waals surface area contributed by atoms with Crippen molar-refractivity contribution >= 4 is 28.5 Å². The third kappa shape index (κ3) is 6.08. The van der Waals surface area contributed by atoms with E-state index in [2.05, 4.69) is 5.32 Å². The second-order valence-electron chi connectivity index (χ2n) is 4.68. The summed E-state index contributed by atoms with van der Waals surface area (Å²) in [5.41, 5.74) is 0. The average Bonchev–Trinajstić information content (AvgIpc) is 2.61. The minimum Gasteiger partial charge on any atom is -0.497 e. The zero-order valence-corrected chi connectivity index (χ0v) is 14.5. The maximum atomic E-state index is 12.0. The number of hydrogen-bond acceptors (Lipinski definition) is 4. The molecule has 1 amide bonds. The van der Waals surface area contributed by atoms with Crippen molar-refractivity contribution in [3.63, 3.8) is 0 Å². The van der Waals surface area contributed by atoms with Gasteiger partial charge in [-0.1, -0.05) is 18.2 Å². The lowest BCUT2D eigenvalue weighted by Gasteiger charge is -2.06. The van der Waals surface area contributed by atoms with Crippen molar-refractivity contribution in [1.29, 1.82) is 0 Å². The Morgan fingerprint density at radius 1 is 1.13 bits per heavy atom. The Morgan fingerprint density at radius 2 is 1.83 bits per heavy atom. The molecule has 0 spiro atoms. The second kappa shape index (κ2) is 9.37. The van der Waals surface area contributed by atoms with E-state index in [-0.39, 0.29) is 5.91 Å². The van der Waals surface area contributed by atoms with Crippen LogP contribution in [0.4, 0.5) is 0 Å². The van der Waals surface area contributed by atoms with Crippen LogP contribution in [-0.2, 0) is 15.6 Å². The fraction of sp³-hybridized carbons (Fsp3) is 0.235. The molecule has 0 radical (unpaired) electrons. The van der Waals surface area contributed by atoms with E-state index in [1.807, 2.05) is 54.6 Å². The lowest BCUT2D eigenvalue weighted by Crippen LogP contribution is -2.29. The molecule has 0 aliphatic heterocycles. The van der Waals surface area contributed by atoms with Gasteiger partial charge in [0.1, 0.15) is 5.75 Å². The number of ether oxygens (including phenoxy) is 1. The van der Waals surface area contributed by atoms with E-state index in [1.165, 1.54) is 11.8 Å². The molecule has 0 saturated carbocycles. The van der Waals surface area contributed by atoms with Crippen LogP contribution in [0.5, 0.6) is 5.75 Å². The van der Waals surface area contributed by atoms with Gasteiger partial charge in [0.05, 0.1) is 23.7 Å². The Kier molecular flexibility index (Phi) is 7.16. The highest BCUT2D eigenvalue weighted by Crippen LogP contribution is 2.20. The van der Waals surface area contributed by atoms with Crippen LogP contribution in [0.2, 0.25) is 0 Å². The molecule has 2 aromatic rings. The van der Waals surface area contributed by atoms with Crippen LogP contribution in [-0.4, -0.2) is 35.3 Å². The van der Waals surface area contributed by atoms with E-state index in [0.29, 0.717) is 18.1 Å². The Bertz CT molecular complexity index is 645. The van der Waals surface area contributed by atoms with Gasteiger partial charge in [0, 0.05) is 22.1 Å². The molecule has 0 bridgehead atoms. The Balaban J connectivity index is 1.67. The molecule has 0 aliphatic rings. The third-order valence-corrected chi connectivity index (χ3v) is 5.43. The van der Waals surface area contributed by atoms with Crippen molar-refractivity contribution < 1.29 is 13.7 Å². The molecule has 0 saturated heterocycles. The normalized spacial score (nSPS) is 11.7. The van der Waals surface area contributed by atoms with Crippen LogP contribution in [0.3, 0.4) is 0 Å². The van der Waals surface area contributed by atoms with E-state index in [4.69, 9.17) is 4.74 Å². The number of nitrogens with one attached hydrogen (secondary N) is 1. The number of amides is 1. The van der Waals surface area contributed by atoms with Gasteiger partial charge in [0.25, 0.3) is 0 Å². The molecule has 1 atom stereocenters. The zero-order chi connectivity index (χ0) is 16.5. The lowest BCUT2D eigenvalue weighted by molar-refractivity contribution is -0.118. The highest BCUT2D eigenvalue weighted by molar-refractivity contribution is 8.00. The zero-order valence-electron chi connectivity index (χ0n) is 12.9. The maximum absolute atomic E-state index is 12.0. The minimum atomic E-state index is -1.08. The van der Waals surface area contributed by atoms with Gasteiger partial charge in [-0.25, -0.2) is 0 Å². The van der Waals surface area contributed by atoms with Crippen LogP contribution >= 0.6 is 11.8 Å². The van der Waals surface area contributed by atoms with Gasteiger partial charge in [-0.2, -0.15) is 0 Å². The summed E-state index contributed by atoms with van der Waals surface area (Å²) in [4.78, 5) is 13.6. The highest BCUT2D eigenvalue weighted by Gasteiger charge is 2.06. The van der Waals surface area contributed by atoms with Crippen molar-refractivity contribution in [3.8, 4) is 5.75 Å². The van der Waals surface area contributed by atoms with Crippen LogP contribution < -0.4 is 10.1 Å². The Morgan fingerprint density at radius 3 is 2.48 bits per heavy atom. The predicted molar refractivity (Wildman–Crippen MR) is 94.4 cm³/mol. The van der Waals surface area contributed by atoms with Crippen LogP contribution in [0.1, 0.15) is 0 Å². The van der Waals surface area contributed by atoms with Gasteiger partial charge in [-0.15, -0.1) is 11.8 Å². The molecule has 0 fully saturated rings. The smallest absolute Gasteiger partial charge is 0.230 e. The quantitative estimate of drug-likeness (QED) is 0.745. The molecular weight excluding hydrogens is 330 g/mol. The first-order valence-corrected chi connectivity index (χ1v) is 9.46. The van der Waals surface area contributed by atoms with Gasteiger partial charge in [-0.05, 0) is 36.4 Å². The maximum Gasteiger partial charge on any atom is 0.230 e. The first kappa shape index (κ1) is 17.6. The Labute approximate surface area is 143 Å². The molecule has 6 heteroatoms. The number of thioether (sulfide) groups is 1. The van der Waals surface area contributed by atoms with Crippen LogP contribution in [0.15, 0.2) is 64.4 Å². The molecule has 0 unspecified atom stereocenters. The monoisotopic (exact) mass is 349 g/mol. The first-order chi connectivity index (χ1) is 11.2. The van der Waals surface area contributed by atoms with Gasteiger partial charge >= 0.3 is 0 Å². The average molecular weight is 349 g/mol. The molecule has 2 rings (SSSR count). The molecule has 0 heterocycles. The fourth-order valence-corrected chi connectivity index (χ4v) is 3.56. The number of hydrogen-bond donors (Lipinski definition) is 1. The van der Waals surface area contributed by atoms with E-state index >= 15 is 0 Å². The summed E-state index contributed by atoms with van der Waals surface area (Å²) in [5, 5.41) is 2.80. The molecule has 2 aromatic carbocycles. The van der Waals surface area contributed by atoms with Crippen LogP contribution in [0.25, 0.3) is 0 Å². The summed E-state index contributed by atoms with van der Waals surface area (Å²) in [7, 11) is 0.541. The van der Waals surface area contributed by atoms with Gasteiger partial charge in [-0.3, -0.25) is 9.00 Å². The molecule has 4 nitrogen and oxygen atoms in total.